The zero-order valence-electron chi connectivity index (χ0n) is 11.9. The molecule has 0 bridgehead atoms. The minimum atomic E-state index is -0.129. The number of amides is 1. The van der Waals surface area contributed by atoms with Gasteiger partial charge in [-0.1, -0.05) is 22.0 Å². The first-order chi connectivity index (χ1) is 9.36. The van der Waals surface area contributed by atoms with Gasteiger partial charge in [-0.15, -0.1) is 0 Å². The van der Waals surface area contributed by atoms with E-state index in [0.29, 0.717) is 17.0 Å². The number of pyridine rings is 1. The Morgan fingerprint density at radius 2 is 2.05 bits per heavy atom. The number of aromatic nitrogens is 1. The van der Waals surface area contributed by atoms with E-state index >= 15 is 0 Å². The molecule has 0 radical (unpaired) electrons. The van der Waals surface area contributed by atoms with E-state index in [-0.39, 0.29) is 5.91 Å². The van der Waals surface area contributed by atoms with E-state index in [1.54, 1.807) is 26.1 Å². The van der Waals surface area contributed by atoms with Crippen molar-refractivity contribution in [2.24, 2.45) is 0 Å². The van der Waals surface area contributed by atoms with Crippen molar-refractivity contribution in [3.8, 4) is 6.07 Å². The van der Waals surface area contributed by atoms with E-state index in [4.69, 9.17) is 5.26 Å². The van der Waals surface area contributed by atoms with Crippen LogP contribution in [0.3, 0.4) is 0 Å². The van der Waals surface area contributed by atoms with Crippen molar-refractivity contribution in [2.45, 2.75) is 20.8 Å². The molecule has 0 saturated carbocycles. The second-order valence-electron chi connectivity index (χ2n) is 4.42. The average Bonchev–Trinajstić information content (AvgIpc) is 2.45. The highest BCUT2D eigenvalue weighted by atomic mass is 79.9. The summed E-state index contributed by atoms with van der Waals surface area (Å²) in [5.41, 5.74) is 2.09. The predicted molar refractivity (Wildman–Crippen MR) is 83.4 cm³/mol. The molecule has 1 aromatic heterocycles. The zero-order chi connectivity index (χ0) is 15.3. The lowest BCUT2D eigenvalue weighted by Crippen LogP contribution is -2.27. The molecule has 0 aliphatic rings. The lowest BCUT2D eigenvalue weighted by atomic mass is 10.1. The number of nitriles is 1. The van der Waals surface area contributed by atoms with Crippen LogP contribution in [0, 0.1) is 11.3 Å². The maximum Gasteiger partial charge on any atom is 0.254 e. The Morgan fingerprint density at radius 1 is 1.40 bits per heavy atom. The Balaban J connectivity index is 2.97. The first kappa shape index (κ1) is 16.1. The van der Waals surface area contributed by atoms with Gasteiger partial charge in [-0.05, 0) is 43.0 Å². The minimum absolute atomic E-state index is 0.129. The van der Waals surface area contributed by atoms with Crippen LogP contribution in [0.15, 0.2) is 40.0 Å². The second-order valence-corrected chi connectivity index (χ2v) is 5.61. The number of hydrogen-bond donors (Lipinski definition) is 0. The molecule has 0 saturated heterocycles. The van der Waals surface area contributed by atoms with Crippen molar-refractivity contribution in [2.75, 3.05) is 11.9 Å². The van der Waals surface area contributed by atoms with Crippen molar-refractivity contribution in [1.82, 2.24) is 4.98 Å². The SMILES string of the molecule is CC(=CC(C)=C(C)Br)C(=O)N(C)c1ccc(C#N)cn1. The van der Waals surface area contributed by atoms with E-state index in [0.717, 1.165) is 10.1 Å². The normalized spacial score (nSPS) is 12.5. The summed E-state index contributed by atoms with van der Waals surface area (Å²) < 4.78 is 0.990. The number of anilines is 1. The number of rotatable bonds is 3. The second kappa shape index (κ2) is 7.01. The number of likely N-dealkylation sites (N-methyl/N-ethyl adjacent to an activating group) is 1. The smallest absolute Gasteiger partial charge is 0.254 e. The standard InChI is InChI=1S/C15H16BrN3O/c1-10(12(3)16)7-11(2)15(20)19(4)14-6-5-13(8-17)9-18-14/h5-7,9H,1-4H3. The molecular formula is C15H16BrN3O. The van der Waals surface area contributed by atoms with E-state index in [2.05, 4.69) is 20.9 Å². The van der Waals surface area contributed by atoms with Crippen LogP contribution >= 0.6 is 15.9 Å². The van der Waals surface area contributed by atoms with Gasteiger partial charge in [0.2, 0.25) is 0 Å². The summed E-state index contributed by atoms with van der Waals surface area (Å²) >= 11 is 3.38. The van der Waals surface area contributed by atoms with E-state index in [1.807, 2.05) is 26.0 Å². The molecule has 1 rings (SSSR count). The Kier molecular flexibility index (Phi) is 5.66. The molecule has 0 spiro atoms. The van der Waals surface area contributed by atoms with Crippen molar-refractivity contribution >= 4 is 27.7 Å². The van der Waals surface area contributed by atoms with E-state index < -0.39 is 0 Å². The quantitative estimate of drug-likeness (QED) is 0.627. The fraction of sp³-hybridized carbons (Fsp3) is 0.267. The summed E-state index contributed by atoms with van der Waals surface area (Å²) in [6.07, 6.45) is 3.28. The summed E-state index contributed by atoms with van der Waals surface area (Å²) in [5.74, 6) is 0.384. The van der Waals surface area contributed by atoms with Crippen LogP contribution in [0.25, 0.3) is 0 Å². The third kappa shape index (κ3) is 4.04. The Hall–Kier alpha value is -1.93. The first-order valence-corrected chi connectivity index (χ1v) is 6.81. The monoisotopic (exact) mass is 333 g/mol. The fourth-order valence-electron chi connectivity index (χ4n) is 1.51. The lowest BCUT2D eigenvalue weighted by Gasteiger charge is -2.16. The molecular weight excluding hydrogens is 318 g/mol. The molecule has 104 valence electrons. The molecule has 1 aromatic rings. The molecule has 0 atom stereocenters. The number of carbonyl (C=O) groups is 1. The highest BCUT2D eigenvalue weighted by Crippen LogP contribution is 2.16. The van der Waals surface area contributed by atoms with Gasteiger partial charge in [0.05, 0.1) is 5.56 Å². The molecule has 4 nitrogen and oxygen atoms in total. The molecule has 0 aromatic carbocycles. The Labute approximate surface area is 127 Å². The average molecular weight is 334 g/mol. The third-order valence-corrected chi connectivity index (χ3v) is 3.46. The summed E-state index contributed by atoms with van der Waals surface area (Å²) in [4.78, 5) is 17.8. The number of nitrogens with zero attached hydrogens (tertiary/aromatic N) is 3. The number of halogens is 1. The van der Waals surface area contributed by atoms with Crippen LogP contribution in [-0.4, -0.2) is 17.9 Å². The van der Waals surface area contributed by atoms with Crippen LogP contribution in [-0.2, 0) is 4.79 Å². The molecule has 20 heavy (non-hydrogen) atoms. The van der Waals surface area contributed by atoms with Crippen molar-refractivity contribution in [1.29, 1.82) is 5.26 Å². The molecule has 1 amide bonds. The molecule has 0 aliphatic carbocycles. The minimum Gasteiger partial charge on any atom is -0.296 e. The van der Waals surface area contributed by atoms with Gasteiger partial charge in [0.25, 0.3) is 5.91 Å². The van der Waals surface area contributed by atoms with Crippen LogP contribution in [0.2, 0.25) is 0 Å². The summed E-state index contributed by atoms with van der Waals surface area (Å²) in [5, 5.41) is 8.73. The molecule has 1 heterocycles. The van der Waals surface area contributed by atoms with Crippen molar-refractivity contribution in [3.63, 3.8) is 0 Å². The largest absolute Gasteiger partial charge is 0.296 e. The fourth-order valence-corrected chi connectivity index (χ4v) is 1.62. The summed E-state index contributed by atoms with van der Waals surface area (Å²) in [6.45, 7) is 5.62. The maximum atomic E-state index is 12.3. The van der Waals surface area contributed by atoms with Gasteiger partial charge in [-0.25, -0.2) is 4.98 Å². The van der Waals surface area contributed by atoms with E-state index in [9.17, 15) is 4.79 Å². The maximum absolute atomic E-state index is 12.3. The highest BCUT2D eigenvalue weighted by Gasteiger charge is 2.14. The van der Waals surface area contributed by atoms with Gasteiger partial charge in [0, 0.05) is 18.8 Å². The third-order valence-electron chi connectivity index (χ3n) is 2.84. The van der Waals surface area contributed by atoms with Gasteiger partial charge in [0.1, 0.15) is 11.9 Å². The zero-order valence-corrected chi connectivity index (χ0v) is 13.5. The van der Waals surface area contributed by atoms with Gasteiger partial charge in [-0.2, -0.15) is 5.26 Å². The van der Waals surface area contributed by atoms with Crippen LogP contribution in [0.5, 0.6) is 0 Å². The molecule has 5 heteroatoms. The van der Waals surface area contributed by atoms with Gasteiger partial charge in [0.15, 0.2) is 0 Å². The molecule has 0 N–H and O–H groups in total. The Bertz CT molecular complexity index is 605. The number of carbonyl (C=O) groups excluding carboxylic acids is 1. The van der Waals surface area contributed by atoms with Gasteiger partial charge in [-0.3, -0.25) is 9.69 Å². The van der Waals surface area contributed by atoms with Crippen molar-refractivity contribution in [3.05, 3.63) is 45.6 Å². The molecule has 0 unspecified atom stereocenters. The summed E-state index contributed by atoms with van der Waals surface area (Å²) in [7, 11) is 1.66. The Morgan fingerprint density at radius 3 is 2.50 bits per heavy atom. The van der Waals surface area contributed by atoms with Crippen LogP contribution < -0.4 is 4.90 Å². The van der Waals surface area contributed by atoms with Crippen LogP contribution in [0.4, 0.5) is 5.82 Å². The van der Waals surface area contributed by atoms with Crippen molar-refractivity contribution < 1.29 is 4.79 Å². The molecule has 0 fully saturated rings. The first-order valence-electron chi connectivity index (χ1n) is 6.02. The lowest BCUT2D eigenvalue weighted by molar-refractivity contribution is -0.114. The number of allylic oxidation sites excluding steroid dienone is 3. The van der Waals surface area contributed by atoms with Gasteiger partial charge >= 0.3 is 0 Å². The van der Waals surface area contributed by atoms with Crippen LogP contribution in [0.1, 0.15) is 26.3 Å². The topological polar surface area (TPSA) is 57.0 Å². The molecule has 0 aliphatic heterocycles. The predicted octanol–water partition coefficient (Wildman–Crippen LogP) is 3.55. The van der Waals surface area contributed by atoms with Gasteiger partial charge < -0.3 is 0 Å². The summed E-state index contributed by atoms with van der Waals surface area (Å²) in [6, 6.07) is 5.29. The highest BCUT2D eigenvalue weighted by molar-refractivity contribution is 9.11. The van der Waals surface area contributed by atoms with E-state index in [1.165, 1.54) is 11.1 Å². The number of hydrogen-bond acceptors (Lipinski definition) is 3.